The van der Waals surface area contributed by atoms with Crippen LogP contribution in [0.4, 0.5) is 18.9 Å². The van der Waals surface area contributed by atoms with Gasteiger partial charge in [0.1, 0.15) is 5.52 Å². The van der Waals surface area contributed by atoms with Crippen molar-refractivity contribution in [1.82, 2.24) is 4.98 Å². The number of carbonyl (C=O) groups excluding carboxylic acids is 1. The van der Waals surface area contributed by atoms with E-state index in [2.05, 4.69) is 4.98 Å². The summed E-state index contributed by atoms with van der Waals surface area (Å²) in [6, 6.07) is 10.0. The number of benzene rings is 2. The second kappa shape index (κ2) is 6.48. The Morgan fingerprint density at radius 3 is 2.58 bits per heavy atom. The van der Waals surface area contributed by atoms with Gasteiger partial charge in [0.05, 0.1) is 0 Å². The van der Waals surface area contributed by atoms with E-state index >= 15 is 0 Å². The number of rotatable bonds is 3. The fraction of sp³-hybridized carbons (Fsp3) is 0.263. The van der Waals surface area contributed by atoms with Crippen molar-refractivity contribution in [3.8, 4) is 11.5 Å². The van der Waals surface area contributed by atoms with Crippen LogP contribution < -0.4 is 4.90 Å². The Hall–Kier alpha value is -2.83. The molecule has 0 saturated heterocycles. The van der Waals surface area contributed by atoms with Crippen LogP contribution in [-0.4, -0.2) is 23.6 Å². The minimum atomic E-state index is -4.93. The lowest BCUT2D eigenvalue weighted by atomic mass is 10.1. The van der Waals surface area contributed by atoms with Crippen LogP contribution in [-0.2, 0) is 4.79 Å². The van der Waals surface area contributed by atoms with Gasteiger partial charge in [-0.05, 0) is 56.2 Å². The van der Waals surface area contributed by atoms with Crippen LogP contribution in [0.25, 0.3) is 22.6 Å². The molecule has 1 amide bonds. The number of fused-ring (bicyclic) bond motifs is 1. The molecule has 2 aromatic carbocycles. The van der Waals surface area contributed by atoms with E-state index < -0.39 is 12.1 Å². The molecule has 0 aliphatic carbocycles. The molecule has 0 fully saturated rings. The van der Waals surface area contributed by atoms with Gasteiger partial charge in [0.25, 0.3) is 0 Å². The van der Waals surface area contributed by atoms with Crippen molar-refractivity contribution < 1.29 is 22.4 Å². The first kappa shape index (κ1) is 18.0. The van der Waals surface area contributed by atoms with Gasteiger partial charge < -0.3 is 9.32 Å². The molecule has 0 unspecified atom stereocenters. The van der Waals surface area contributed by atoms with Crippen molar-refractivity contribution in [2.75, 3.05) is 11.4 Å². The second-order valence-electron chi connectivity index (χ2n) is 6.05. The van der Waals surface area contributed by atoms with E-state index in [1.165, 1.54) is 19.1 Å². The molecular formula is C19H17F3N2O2. The summed E-state index contributed by atoms with van der Waals surface area (Å²) in [5.41, 5.74) is 3.93. The number of oxazole rings is 1. The lowest BCUT2D eigenvalue weighted by Gasteiger charge is -2.22. The molecule has 7 heteroatoms. The third-order valence-electron chi connectivity index (χ3n) is 4.03. The SMILES string of the molecule is CCN(C(=O)C(F)(F)F)c1cccc(-c2nc3cc(C)cc(C)c3o2)c1. The quantitative estimate of drug-likeness (QED) is 0.657. The Morgan fingerprint density at radius 1 is 1.19 bits per heavy atom. The third-order valence-corrected chi connectivity index (χ3v) is 4.03. The molecule has 0 atom stereocenters. The number of alkyl halides is 3. The highest BCUT2D eigenvalue weighted by molar-refractivity contribution is 5.97. The number of halogens is 3. The van der Waals surface area contributed by atoms with Crippen molar-refractivity contribution in [1.29, 1.82) is 0 Å². The molecule has 3 rings (SSSR count). The Morgan fingerprint density at radius 2 is 1.92 bits per heavy atom. The molecule has 136 valence electrons. The van der Waals surface area contributed by atoms with Crippen LogP contribution in [0, 0.1) is 13.8 Å². The zero-order valence-corrected chi connectivity index (χ0v) is 14.5. The Labute approximate surface area is 148 Å². The number of nitrogens with zero attached hydrogens (tertiary/aromatic N) is 2. The zero-order valence-electron chi connectivity index (χ0n) is 14.5. The smallest absolute Gasteiger partial charge is 0.436 e. The molecule has 0 spiro atoms. The van der Waals surface area contributed by atoms with Crippen molar-refractivity contribution in [3.63, 3.8) is 0 Å². The Balaban J connectivity index is 2.04. The summed E-state index contributed by atoms with van der Waals surface area (Å²) in [4.78, 5) is 16.7. The molecule has 0 bridgehead atoms. The van der Waals surface area contributed by atoms with Gasteiger partial charge in [0.2, 0.25) is 5.89 Å². The van der Waals surface area contributed by atoms with E-state index in [4.69, 9.17) is 4.42 Å². The maximum atomic E-state index is 12.8. The average Bonchev–Trinajstić information content (AvgIpc) is 2.99. The zero-order chi connectivity index (χ0) is 19.1. The molecule has 0 aliphatic rings. The number of carbonyl (C=O) groups is 1. The van der Waals surface area contributed by atoms with Crippen LogP contribution >= 0.6 is 0 Å². The highest BCUT2D eigenvalue weighted by Gasteiger charge is 2.42. The minimum absolute atomic E-state index is 0.104. The molecule has 3 aromatic rings. The van der Waals surface area contributed by atoms with Crippen LogP contribution in [0.15, 0.2) is 40.8 Å². The number of aryl methyl sites for hydroxylation is 2. The van der Waals surface area contributed by atoms with Gasteiger partial charge >= 0.3 is 12.1 Å². The van der Waals surface area contributed by atoms with Crippen LogP contribution in [0.2, 0.25) is 0 Å². The molecule has 0 radical (unpaired) electrons. The minimum Gasteiger partial charge on any atom is -0.436 e. The van der Waals surface area contributed by atoms with Gasteiger partial charge in [-0.1, -0.05) is 12.1 Å². The summed E-state index contributed by atoms with van der Waals surface area (Å²) in [6.45, 7) is 5.24. The van der Waals surface area contributed by atoms with Gasteiger partial charge in [-0.3, -0.25) is 4.79 Å². The van der Waals surface area contributed by atoms with E-state index in [1.807, 2.05) is 26.0 Å². The number of hydrogen-bond acceptors (Lipinski definition) is 3. The Bertz CT molecular complexity index is 977. The lowest BCUT2D eigenvalue weighted by molar-refractivity contribution is -0.170. The summed E-state index contributed by atoms with van der Waals surface area (Å²) in [6.07, 6.45) is -4.93. The Kier molecular flexibility index (Phi) is 4.48. The van der Waals surface area contributed by atoms with Crippen LogP contribution in [0.1, 0.15) is 18.1 Å². The molecule has 26 heavy (non-hydrogen) atoms. The maximum absolute atomic E-state index is 12.8. The number of hydrogen-bond donors (Lipinski definition) is 0. The van der Waals surface area contributed by atoms with Crippen LogP contribution in [0.3, 0.4) is 0 Å². The maximum Gasteiger partial charge on any atom is 0.471 e. The summed E-state index contributed by atoms with van der Waals surface area (Å²) in [5, 5.41) is 0. The van der Waals surface area contributed by atoms with E-state index in [9.17, 15) is 18.0 Å². The predicted octanol–water partition coefficient (Wildman–Crippen LogP) is 5.03. The highest BCUT2D eigenvalue weighted by Crippen LogP contribution is 2.31. The van der Waals surface area contributed by atoms with Gasteiger partial charge in [-0.15, -0.1) is 0 Å². The number of aromatic nitrogens is 1. The topological polar surface area (TPSA) is 46.3 Å². The standard InChI is InChI=1S/C19H17F3N2O2/c1-4-24(18(25)19(20,21)22)14-7-5-6-13(10-14)17-23-15-9-11(2)8-12(3)16(15)26-17/h5-10H,4H2,1-3H3. The fourth-order valence-corrected chi connectivity index (χ4v) is 2.90. The molecule has 4 nitrogen and oxygen atoms in total. The predicted molar refractivity (Wildman–Crippen MR) is 93.0 cm³/mol. The van der Waals surface area contributed by atoms with E-state index in [1.54, 1.807) is 12.1 Å². The molecule has 0 saturated carbocycles. The summed E-state index contributed by atoms with van der Waals surface area (Å²) >= 11 is 0. The average molecular weight is 362 g/mol. The first-order valence-electron chi connectivity index (χ1n) is 8.07. The summed E-state index contributed by atoms with van der Waals surface area (Å²) in [7, 11) is 0. The fourth-order valence-electron chi connectivity index (χ4n) is 2.90. The lowest BCUT2D eigenvalue weighted by Crippen LogP contribution is -2.41. The largest absolute Gasteiger partial charge is 0.471 e. The van der Waals surface area contributed by atoms with Crippen molar-refractivity contribution >= 4 is 22.7 Å². The van der Waals surface area contributed by atoms with Crippen molar-refractivity contribution in [2.45, 2.75) is 26.9 Å². The van der Waals surface area contributed by atoms with E-state index in [0.29, 0.717) is 27.5 Å². The van der Waals surface area contributed by atoms with Gasteiger partial charge in [0, 0.05) is 17.8 Å². The number of amides is 1. The summed E-state index contributed by atoms with van der Waals surface area (Å²) < 4.78 is 44.2. The first-order valence-corrected chi connectivity index (χ1v) is 8.07. The molecule has 0 aliphatic heterocycles. The molecule has 1 aromatic heterocycles. The summed E-state index contributed by atoms with van der Waals surface area (Å²) in [5.74, 6) is -1.60. The van der Waals surface area contributed by atoms with E-state index in [-0.39, 0.29) is 12.2 Å². The highest BCUT2D eigenvalue weighted by atomic mass is 19.4. The monoisotopic (exact) mass is 362 g/mol. The van der Waals surface area contributed by atoms with E-state index in [0.717, 1.165) is 11.1 Å². The van der Waals surface area contributed by atoms with Gasteiger partial charge in [-0.25, -0.2) is 4.98 Å². The van der Waals surface area contributed by atoms with Crippen molar-refractivity contribution in [2.24, 2.45) is 0 Å². The second-order valence-corrected chi connectivity index (χ2v) is 6.05. The first-order chi connectivity index (χ1) is 12.2. The number of anilines is 1. The molecular weight excluding hydrogens is 345 g/mol. The molecule has 0 N–H and O–H groups in total. The van der Waals surface area contributed by atoms with Crippen molar-refractivity contribution in [3.05, 3.63) is 47.5 Å². The van der Waals surface area contributed by atoms with Crippen LogP contribution in [0.5, 0.6) is 0 Å². The van der Waals surface area contributed by atoms with Gasteiger partial charge in [0.15, 0.2) is 5.58 Å². The third kappa shape index (κ3) is 3.29. The molecule has 1 heterocycles. The normalized spacial score (nSPS) is 11.8. The van der Waals surface area contributed by atoms with Gasteiger partial charge in [-0.2, -0.15) is 13.2 Å².